The minimum Gasteiger partial charge on any atom is -0.481 e. The third-order valence-electron chi connectivity index (χ3n) is 2.48. The van der Waals surface area contributed by atoms with Gasteiger partial charge in [-0.25, -0.2) is 0 Å². The molecular formula is C13H15F3N2O2. The van der Waals surface area contributed by atoms with E-state index in [0.29, 0.717) is 11.5 Å². The molecule has 0 saturated heterocycles. The summed E-state index contributed by atoms with van der Waals surface area (Å²) in [7, 11) is 3.04. The standard InChI is InChI=1S/C13H15F3N2O2/c1-17-12(20-2)10-5-3-9(4-6-10)11(19)18-8-7-13(14,15)16/h3-6H,7-8H2,1-2H3,(H,18,19)/b17-12+. The predicted octanol–water partition coefficient (Wildman–Crippen LogP) is 2.39. The van der Waals surface area contributed by atoms with E-state index >= 15 is 0 Å². The van der Waals surface area contributed by atoms with Crippen LogP contribution >= 0.6 is 0 Å². The molecule has 4 nitrogen and oxygen atoms in total. The summed E-state index contributed by atoms with van der Waals surface area (Å²) in [6, 6.07) is 6.24. The van der Waals surface area contributed by atoms with Gasteiger partial charge in [0.25, 0.3) is 5.91 Å². The van der Waals surface area contributed by atoms with Crippen molar-refractivity contribution in [2.45, 2.75) is 12.6 Å². The Bertz CT molecular complexity index is 481. The molecule has 0 aliphatic rings. The van der Waals surface area contributed by atoms with Gasteiger partial charge in [-0.05, 0) is 24.3 Å². The average Bonchev–Trinajstić information content (AvgIpc) is 2.39. The van der Waals surface area contributed by atoms with E-state index in [-0.39, 0.29) is 5.56 Å². The van der Waals surface area contributed by atoms with Crippen LogP contribution in [-0.2, 0) is 4.74 Å². The molecule has 0 aliphatic carbocycles. The highest BCUT2D eigenvalue weighted by molar-refractivity contribution is 5.97. The summed E-state index contributed by atoms with van der Waals surface area (Å²) in [5, 5.41) is 2.21. The second kappa shape index (κ2) is 6.93. The summed E-state index contributed by atoms with van der Waals surface area (Å²) in [6.45, 7) is -0.441. The predicted molar refractivity (Wildman–Crippen MR) is 68.9 cm³/mol. The SMILES string of the molecule is C/N=C(/OC)c1ccc(C(=O)NCCC(F)(F)F)cc1. The van der Waals surface area contributed by atoms with Crippen molar-refractivity contribution in [3.05, 3.63) is 35.4 Å². The Labute approximate surface area is 114 Å². The first-order valence-corrected chi connectivity index (χ1v) is 5.83. The number of halogens is 3. The van der Waals surface area contributed by atoms with Gasteiger partial charge in [0.1, 0.15) is 0 Å². The molecule has 0 fully saturated rings. The number of alkyl halides is 3. The number of ether oxygens (including phenoxy) is 1. The number of benzene rings is 1. The van der Waals surface area contributed by atoms with E-state index in [0.717, 1.165) is 0 Å². The van der Waals surface area contributed by atoms with E-state index in [1.807, 2.05) is 0 Å². The summed E-state index contributed by atoms with van der Waals surface area (Å²) in [5.41, 5.74) is 0.962. The third kappa shape index (κ3) is 4.91. The van der Waals surface area contributed by atoms with E-state index in [2.05, 4.69) is 10.3 Å². The van der Waals surface area contributed by atoms with E-state index in [1.165, 1.54) is 19.2 Å². The van der Waals surface area contributed by atoms with Crippen molar-refractivity contribution in [3.63, 3.8) is 0 Å². The van der Waals surface area contributed by atoms with Crippen LogP contribution in [0.1, 0.15) is 22.3 Å². The lowest BCUT2D eigenvalue weighted by Crippen LogP contribution is -2.27. The van der Waals surface area contributed by atoms with Gasteiger partial charge in [-0.15, -0.1) is 0 Å². The lowest BCUT2D eigenvalue weighted by Gasteiger charge is -2.08. The highest BCUT2D eigenvalue weighted by Gasteiger charge is 2.26. The van der Waals surface area contributed by atoms with Crippen LogP contribution in [0.4, 0.5) is 13.2 Å². The van der Waals surface area contributed by atoms with Crippen LogP contribution in [0.5, 0.6) is 0 Å². The highest BCUT2D eigenvalue weighted by atomic mass is 19.4. The Morgan fingerprint density at radius 2 is 1.80 bits per heavy atom. The van der Waals surface area contributed by atoms with E-state index in [9.17, 15) is 18.0 Å². The molecule has 1 rings (SSSR count). The fraction of sp³-hybridized carbons (Fsp3) is 0.385. The fourth-order valence-corrected chi connectivity index (χ4v) is 1.52. The molecule has 0 aromatic heterocycles. The van der Waals surface area contributed by atoms with Gasteiger partial charge < -0.3 is 10.1 Å². The molecule has 0 heterocycles. The average molecular weight is 288 g/mol. The first-order valence-electron chi connectivity index (χ1n) is 5.83. The molecule has 7 heteroatoms. The zero-order valence-corrected chi connectivity index (χ0v) is 11.1. The monoisotopic (exact) mass is 288 g/mol. The zero-order chi connectivity index (χ0) is 15.2. The Balaban J connectivity index is 2.62. The minimum absolute atomic E-state index is 0.280. The summed E-state index contributed by atoms with van der Waals surface area (Å²) < 4.78 is 40.9. The summed E-state index contributed by atoms with van der Waals surface area (Å²) in [4.78, 5) is 15.5. The number of hydrogen-bond acceptors (Lipinski definition) is 3. The van der Waals surface area contributed by atoms with Crippen molar-refractivity contribution in [2.24, 2.45) is 4.99 Å². The van der Waals surface area contributed by atoms with E-state index in [4.69, 9.17) is 4.74 Å². The van der Waals surface area contributed by atoms with Crippen molar-refractivity contribution in [3.8, 4) is 0 Å². The first-order chi connectivity index (χ1) is 9.37. The van der Waals surface area contributed by atoms with E-state index in [1.54, 1.807) is 19.2 Å². The normalized spacial score (nSPS) is 12.2. The van der Waals surface area contributed by atoms with Crippen LogP contribution in [0.2, 0.25) is 0 Å². The number of hydrogen-bond donors (Lipinski definition) is 1. The molecule has 0 aliphatic heterocycles. The van der Waals surface area contributed by atoms with Gasteiger partial charge in [0.05, 0.1) is 13.5 Å². The number of methoxy groups -OCH3 is 1. The molecule has 1 N–H and O–H groups in total. The van der Waals surface area contributed by atoms with Gasteiger partial charge in [0.2, 0.25) is 5.90 Å². The maximum absolute atomic E-state index is 11.9. The quantitative estimate of drug-likeness (QED) is 0.683. The largest absolute Gasteiger partial charge is 0.481 e. The van der Waals surface area contributed by atoms with Gasteiger partial charge in [-0.3, -0.25) is 9.79 Å². The molecule has 110 valence electrons. The molecule has 0 spiro atoms. The second-order valence-corrected chi connectivity index (χ2v) is 3.93. The fourth-order valence-electron chi connectivity index (χ4n) is 1.52. The topological polar surface area (TPSA) is 50.7 Å². The first kappa shape index (κ1) is 16.0. The number of nitrogens with one attached hydrogen (secondary N) is 1. The molecular weight excluding hydrogens is 273 g/mol. The number of amides is 1. The number of carbonyl (C=O) groups excluding carboxylic acids is 1. The van der Waals surface area contributed by atoms with Gasteiger partial charge >= 0.3 is 6.18 Å². The second-order valence-electron chi connectivity index (χ2n) is 3.93. The lowest BCUT2D eigenvalue weighted by molar-refractivity contribution is -0.132. The molecule has 0 radical (unpaired) electrons. The zero-order valence-electron chi connectivity index (χ0n) is 11.1. The van der Waals surface area contributed by atoms with Crippen LogP contribution in [0.25, 0.3) is 0 Å². The molecule has 1 aromatic carbocycles. The third-order valence-corrected chi connectivity index (χ3v) is 2.48. The number of aliphatic imine (C=N–C) groups is 1. The van der Waals surface area contributed by atoms with Crippen LogP contribution in [0.3, 0.4) is 0 Å². The Morgan fingerprint density at radius 3 is 2.25 bits per heavy atom. The van der Waals surface area contributed by atoms with Crippen LogP contribution in [0, 0.1) is 0 Å². The van der Waals surface area contributed by atoms with Crippen LogP contribution < -0.4 is 5.32 Å². The minimum atomic E-state index is -4.28. The number of carbonyl (C=O) groups is 1. The van der Waals surface area contributed by atoms with Gasteiger partial charge in [-0.1, -0.05) is 0 Å². The maximum atomic E-state index is 11.9. The van der Waals surface area contributed by atoms with Crippen LogP contribution in [-0.4, -0.2) is 38.7 Å². The Hall–Kier alpha value is -2.05. The Morgan fingerprint density at radius 1 is 1.25 bits per heavy atom. The smallest absolute Gasteiger partial charge is 0.390 e. The van der Waals surface area contributed by atoms with Crippen molar-refractivity contribution in [1.29, 1.82) is 0 Å². The Kier molecular flexibility index (Phi) is 5.54. The summed E-state index contributed by atoms with van der Waals surface area (Å²) >= 11 is 0. The number of rotatable bonds is 4. The van der Waals surface area contributed by atoms with Gasteiger partial charge in [0, 0.05) is 24.7 Å². The van der Waals surface area contributed by atoms with Gasteiger partial charge in [0.15, 0.2) is 0 Å². The highest BCUT2D eigenvalue weighted by Crippen LogP contribution is 2.18. The summed E-state index contributed by atoms with van der Waals surface area (Å²) in [5.74, 6) is -0.137. The molecule has 20 heavy (non-hydrogen) atoms. The molecule has 0 atom stereocenters. The van der Waals surface area contributed by atoms with Crippen LogP contribution in [0.15, 0.2) is 29.3 Å². The lowest BCUT2D eigenvalue weighted by atomic mass is 10.1. The van der Waals surface area contributed by atoms with Crippen molar-refractivity contribution < 1.29 is 22.7 Å². The molecule has 0 saturated carbocycles. The maximum Gasteiger partial charge on any atom is 0.390 e. The summed E-state index contributed by atoms with van der Waals surface area (Å²) in [6.07, 6.45) is -5.32. The molecule has 0 unspecified atom stereocenters. The van der Waals surface area contributed by atoms with Crippen molar-refractivity contribution >= 4 is 11.8 Å². The van der Waals surface area contributed by atoms with Gasteiger partial charge in [-0.2, -0.15) is 13.2 Å². The molecule has 1 amide bonds. The van der Waals surface area contributed by atoms with Crippen molar-refractivity contribution in [1.82, 2.24) is 5.32 Å². The van der Waals surface area contributed by atoms with Crippen molar-refractivity contribution in [2.75, 3.05) is 20.7 Å². The number of nitrogens with zero attached hydrogens (tertiary/aromatic N) is 1. The van der Waals surface area contributed by atoms with E-state index < -0.39 is 25.0 Å². The molecule has 1 aromatic rings. The molecule has 0 bridgehead atoms.